The normalized spacial score (nSPS) is 12.4. The van der Waals surface area contributed by atoms with Gasteiger partial charge in [-0.2, -0.15) is 0 Å². The van der Waals surface area contributed by atoms with Gasteiger partial charge in [0.1, 0.15) is 0 Å². The van der Waals surface area contributed by atoms with Crippen molar-refractivity contribution in [2.24, 2.45) is 5.73 Å². The third-order valence-corrected chi connectivity index (χ3v) is 3.63. The summed E-state index contributed by atoms with van der Waals surface area (Å²) in [5.41, 5.74) is 5.91. The minimum atomic E-state index is 0.155. The van der Waals surface area contributed by atoms with E-state index in [1.54, 1.807) is 0 Å². The molecule has 0 fully saturated rings. The van der Waals surface area contributed by atoms with E-state index in [1.807, 2.05) is 0 Å². The average Bonchev–Trinajstić information content (AvgIpc) is 2.27. The van der Waals surface area contributed by atoms with Crippen molar-refractivity contribution in [1.82, 2.24) is 4.90 Å². The van der Waals surface area contributed by atoms with Crippen LogP contribution in [0.2, 0.25) is 0 Å². The third kappa shape index (κ3) is 7.24. The second-order valence-electron chi connectivity index (χ2n) is 5.56. The van der Waals surface area contributed by atoms with Gasteiger partial charge in [-0.05, 0) is 33.9 Å². The highest BCUT2D eigenvalue weighted by atomic mass is 15.2. The number of hydrogen-bond acceptors (Lipinski definition) is 2. The molecular formula is C14H32N2. The van der Waals surface area contributed by atoms with Crippen LogP contribution in [-0.2, 0) is 0 Å². The molecule has 0 aromatic rings. The molecule has 0 spiro atoms. The van der Waals surface area contributed by atoms with Gasteiger partial charge in [-0.1, -0.05) is 45.4 Å². The molecule has 0 rings (SSSR count). The summed E-state index contributed by atoms with van der Waals surface area (Å²) in [4.78, 5) is 2.39. The first-order valence-electron chi connectivity index (χ1n) is 6.96. The lowest BCUT2D eigenvalue weighted by molar-refractivity contribution is 0.160. The van der Waals surface area contributed by atoms with E-state index in [9.17, 15) is 0 Å². The van der Waals surface area contributed by atoms with Crippen molar-refractivity contribution >= 4 is 0 Å². The zero-order valence-electron chi connectivity index (χ0n) is 11.9. The molecule has 0 amide bonds. The summed E-state index contributed by atoms with van der Waals surface area (Å²) >= 11 is 0. The fourth-order valence-electron chi connectivity index (χ4n) is 1.76. The standard InChI is InChI=1S/C14H32N2/c1-5-6-7-8-9-10-11-12-16(4)14(2,3)13-15/h5-13,15H2,1-4H3. The summed E-state index contributed by atoms with van der Waals surface area (Å²) in [7, 11) is 2.18. The van der Waals surface area contributed by atoms with Crippen LogP contribution in [0.4, 0.5) is 0 Å². The van der Waals surface area contributed by atoms with Crippen LogP contribution in [0.1, 0.15) is 65.7 Å². The summed E-state index contributed by atoms with van der Waals surface area (Å²) in [6.07, 6.45) is 9.66. The first kappa shape index (κ1) is 15.9. The van der Waals surface area contributed by atoms with Crippen molar-refractivity contribution in [3.05, 3.63) is 0 Å². The highest BCUT2D eigenvalue weighted by molar-refractivity contribution is 4.79. The maximum Gasteiger partial charge on any atom is 0.0272 e. The molecule has 2 nitrogen and oxygen atoms in total. The molecule has 0 aliphatic rings. The van der Waals surface area contributed by atoms with Crippen LogP contribution in [0.15, 0.2) is 0 Å². The lowest BCUT2D eigenvalue weighted by atomic mass is 10.0. The number of hydrogen-bond donors (Lipinski definition) is 1. The molecule has 0 aliphatic carbocycles. The molecule has 0 unspecified atom stereocenters. The van der Waals surface area contributed by atoms with Gasteiger partial charge in [0, 0.05) is 12.1 Å². The number of rotatable bonds is 10. The van der Waals surface area contributed by atoms with E-state index in [0.717, 1.165) is 6.54 Å². The predicted molar refractivity (Wildman–Crippen MR) is 73.8 cm³/mol. The second kappa shape index (κ2) is 9.00. The van der Waals surface area contributed by atoms with E-state index in [0.29, 0.717) is 0 Å². The molecule has 2 N–H and O–H groups in total. The van der Waals surface area contributed by atoms with E-state index in [1.165, 1.54) is 51.5 Å². The molecule has 0 saturated carbocycles. The van der Waals surface area contributed by atoms with Gasteiger partial charge in [0.25, 0.3) is 0 Å². The van der Waals surface area contributed by atoms with E-state index in [-0.39, 0.29) is 5.54 Å². The Morgan fingerprint density at radius 3 is 1.94 bits per heavy atom. The highest BCUT2D eigenvalue weighted by Gasteiger charge is 2.20. The molecule has 0 bridgehead atoms. The van der Waals surface area contributed by atoms with Crippen molar-refractivity contribution in [2.75, 3.05) is 20.1 Å². The molecule has 0 atom stereocenters. The second-order valence-corrected chi connectivity index (χ2v) is 5.56. The Hall–Kier alpha value is -0.0800. The fourth-order valence-corrected chi connectivity index (χ4v) is 1.76. The van der Waals surface area contributed by atoms with Gasteiger partial charge in [-0.3, -0.25) is 4.90 Å². The van der Waals surface area contributed by atoms with Crippen molar-refractivity contribution in [2.45, 2.75) is 71.3 Å². The van der Waals surface area contributed by atoms with Crippen LogP contribution in [0.5, 0.6) is 0 Å². The summed E-state index contributed by atoms with van der Waals surface area (Å²) < 4.78 is 0. The SMILES string of the molecule is CCCCCCCCCN(C)C(C)(C)CN. The monoisotopic (exact) mass is 228 g/mol. The van der Waals surface area contributed by atoms with Gasteiger partial charge >= 0.3 is 0 Å². The molecule has 2 heteroatoms. The maximum absolute atomic E-state index is 5.75. The zero-order valence-corrected chi connectivity index (χ0v) is 11.9. The minimum absolute atomic E-state index is 0.155. The molecular weight excluding hydrogens is 196 g/mol. The van der Waals surface area contributed by atoms with Gasteiger partial charge in [-0.15, -0.1) is 0 Å². The summed E-state index contributed by atoms with van der Waals surface area (Å²) in [6.45, 7) is 8.62. The van der Waals surface area contributed by atoms with Crippen LogP contribution in [0.25, 0.3) is 0 Å². The average molecular weight is 228 g/mol. The number of unbranched alkanes of at least 4 members (excludes halogenated alkanes) is 6. The molecule has 0 saturated heterocycles. The summed E-state index contributed by atoms with van der Waals surface area (Å²) in [5.74, 6) is 0. The zero-order chi connectivity index (χ0) is 12.4. The molecule has 0 radical (unpaired) electrons. The number of likely N-dealkylation sites (N-methyl/N-ethyl adjacent to an activating group) is 1. The molecule has 0 heterocycles. The molecule has 98 valence electrons. The third-order valence-electron chi connectivity index (χ3n) is 3.63. The van der Waals surface area contributed by atoms with Crippen LogP contribution in [0, 0.1) is 0 Å². The number of nitrogens with two attached hydrogens (primary N) is 1. The lowest BCUT2D eigenvalue weighted by Gasteiger charge is -2.34. The Bertz CT molecular complexity index is 155. The minimum Gasteiger partial charge on any atom is -0.329 e. The van der Waals surface area contributed by atoms with Gasteiger partial charge in [0.05, 0.1) is 0 Å². The molecule has 0 aromatic carbocycles. The quantitative estimate of drug-likeness (QED) is 0.581. The molecule has 0 aromatic heterocycles. The maximum atomic E-state index is 5.75. The Kier molecular flexibility index (Phi) is 8.96. The highest BCUT2D eigenvalue weighted by Crippen LogP contribution is 2.12. The van der Waals surface area contributed by atoms with Crippen molar-refractivity contribution in [3.63, 3.8) is 0 Å². The predicted octanol–water partition coefficient (Wildman–Crippen LogP) is 3.41. The number of nitrogens with zero attached hydrogens (tertiary/aromatic N) is 1. The van der Waals surface area contributed by atoms with E-state index < -0.39 is 0 Å². The van der Waals surface area contributed by atoms with Crippen LogP contribution < -0.4 is 5.73 Å². The van der Waals surface area contributed by atoms with Crippen LogP contribution >= 0.6 is 0 Å². The van der Waals surface area contributed by atoms with Gasteiger partial charge in [0.15, 0.2) is 0 Å². The van der Waals surface area contributed by atoms with E-state index in [4.69, 9.17) is 5.73 Å². The Morgan fingerprint density at radius 2 is 1.44 bits per heavy atom. The van der Waals surface area contributed by atoms with Crippen molar-refractivity contribution in [3.8, 4) is 0 Å². The smallest absolute Gasteiger partial charge is 0.0272 e. The topological polar surface area (TPSA) is 29.3 Å². The Labute approximate surface area is 103 Å². The summed E-state index contributed by atoms with van der Waals surface area (Å²) in [6, 6.07) is 0. The van der Waals surface area contributed by atoms with Crippen molar-refractivity contribution < 1.29 is 0 Å². The van der Waals surface area contributed by atoms with Gasteiger partial charge in [-0.25, -0.2) is 0 Å². The fraction of sp³-hybridized carbons (Fsp3) is 1.00. The van der Waals surface area contributed by atoms with E-state index in [2.05, 4.69) is 32.7 Å². The molecule has 0 aliphatic heterocycles. The largest absolute Gasteiger partial charge is 0.329 e. The lowest BCUT2D eigenvalue weighted by Crippen LogP contribution is -2.47. The van der Waals surface area contributed by atoms with E-state index >= 15 is 0 Å². The van der Waals surface area contributed by atoms with Crippen LogP contribution in [0.3, 0.4) is 0 Å². The Morgan fingerprint density at radius 1 is 0.938 bits per heavy atom. The molecule has 16 heavy (non-hydrogen) atoms. The van der Waals surface area contributed by atoms with Crippen LogP contribution in [-0.4, -0.2) is 30.6 Å². The van der Waals surface area contributed by atoms with Gasteiger partial charge < -0.3 is 5.73 Å². The first-order valence-corrected chi connectivity index (χ1v) is 6.96. The summed E-state index contributed by atoms with van der Waals surface area (Å²) in [5, 5.41) is 0. The first-order chi connectivity index (χ1) is 7.54. The Balaban J connectivity index is 3.38. The van der Waals surface area contributed by atoms with Crippen molar-refractivity contribution in [1.29, 1.82) is 0 Å². The van der Waals surface area contributed by atoms with Gasteiger partial charge in [0.2, 0.25) is 0 Å².